The first-order valence-corrected chi connectivity index (χ1v) is 8.11. The molecule has 0 aromatic heterocycles. The maximum absolute atomic E-state index is 12.5. The number of amides is 1. The van der Waals surface area contributed by atoms with Crippen LogP contribution in [0.2, 0.25) is 0 Å². The molecule has 0 radical (unpaired) electrons. The Bertz CT molecular complexity index is 377. The Labute approximate surface area is 122 Å². The first-order valence-electron chi connectivity index (χ1n) is 8.11. The summed E-state index contributed by atoms with van der Waals surface area (Å²) in [7, 11) is 0. The van der Waals surface area contributed by atoms with Crippen LogP contribution in [0.1, 0.15) is 66.2 Å². The Hall–Kier alpha value is -0.860. The lowest BCUT2D eigenvalue weighted by Gasteiger charge is -2.41. The number of carbonyl (C=O) groups is 2. The zero-order valence-corrected chi connectivity index (χ0v) is 13.4. The molecule has 0 aromatic rings. The van der Waals surface area contributed by atoms with Crippen molar-refractivity contribution in [2.75, 3.05) is 0 Å². The van der Waals surface area contributed by atoms with Crippen molar-refractivity contribution in [1.29, 1.82) is 0 Å². The zero-order chi connectivity index (χ0) is 14.9. The largest absolute Gasteiger partial charge is 0.346 e. The molecule has 0 aromatic carbocycles. The molecular weight excluding hydrogens is 250 g/mol. The van der Waals surface area contributed by atoms with Crippen LogP contribution in [-0.4, -0.2) is 17.7 Å². The van der Waals surface area contributed by atoms with E-state index in [9.17, 15) is 9.59 Å². The van der Waals surface area contributed by atoms with Gasteiger partial charge in [0, 0.05) is 5.92 Å². The van der Waals surface area contributed by atoms with Crippen LogP contribution >= 0.6 is 0 Å². The van der Waals surface area contributed by atoms with E-state index in [4.69, 9.17) is 0 Å². The van der Waals surface area contributed by atoms with E-state index in [-0.39, 0.29) is 29.1 Å². The summed E-state index contributed by atoms with van der Waals surface area (Å²) in [5.41, 5.74) is -0.214. The average molecular weight is 279 g/mol. The van der Waals surface area contributed by atoms with E-state index < -0.39 is 0 Å². The van der Waals surface area contributed by atoms with Crippen LogP contribution in [0.5, 0.6) is 0 Å². The molecule has 0 saturated heterocycles. The van der Waals surface area contributed by atoms with Gasteiger partial charge in [-0.2, -0.15) is 0 Å². The van der Waals surface area contributed by atoms with Crippen molar-refractivity contribution in [3.63, 3.8) is 0 Å². The van der Waals surface area contributed by atoms with Crippen molar-refractivity contribution >= 4 is 11.7 Å². The smallest absolute Gasteiger partial charge is 0.223 e. The summed E-state index contributed by atoms with van der Waals surface area (Å²) in [6.07, 6.45) is 7.44. The van der Waals surface area contributed by atoms with Crippen molar-refractivity contribution in [2.45, 2.75) is 72.3 Å². The Morgan fingerprint density at radius 3 is 2.05 bits per heavy atom. The van der Waals surface area contributed by atoms with Gasteiger partial charge in [-0.1, -0.05) is 46.5 Å². The molecule has 20 heavy (non-hydrogen) atoms. The number of ketones is 1. The highest BCUT2D eigenvalue weighted by atomic mass is 16.2. The van der Waals surface area contributed by atoms with Crippen LogP contribution < -0.4 is 5.32 Å². The van der Waals surface area contributed by atoms with Gasteiger partial charge in [-0.05, 0) is 37.0 Å². The maximum Gasteiger partial charge on any atom is 0.223 e. The van der Waals surface area contributed by atoms with Crippen LogP contribution in [-0.2, 0) is 9.59 Å². The van der Waals surface area contributed by atoms with Crippen LogP contribution in [0.4, 0.5) is 0 Å². The van der Waals surface area contributed by atoms with Gasteiger partial charge < -0.3 is 5.32 Å². The van der Waals surface area contributed by atoms with Gasteiger partial charge in [-0.25, -0.2) is 0 Å². The van der Waals surface area contributed by atoms with E-state index in [1.807, 2.05) is 20.8 Å². The number of hydrogen-bond donors (Lipinski definition) is 1. The number of rotatable bonds is 4. The highest BCUT2D eigenvalue weighted by Gasteiger charge is 2.43. The first-order chi connectivity index (χ1) is 9.30. The van der Waals surface area contributed by atoms with Crippen molar-refractivity contribution in [3.8, 4) is 0 Å². The Morgan fingerprint density at radius 2 is 1.65 bits per heavy atom. The second-order valence-corrected chi connectivity index (χ2v) is 7.81. The molecule has 3 atom stereocenters. The van der Waals surface area contributed by atoms with Crippen LogP contribution in [0.25, 0.3) is 0 Å². The summed E-state index contributed by atoms with van der Waals surface area (Å²) in [6.45, 7) is 7.60. The molecule has 0 aliphatic heterocycles. The van der Waals surface area contributed by atoms with Gasteiger partial charge >= 0.3 is 0 Å². The second kappa shape index (κ2) is 5.87. The van der Waals surface area contributed by atoms with Crippen LogP contribution in [0, 0.1) is 23.2 Å². The number of Topliss-reactive ketones (excluding diaryl/α,β-unsaturated/α-hetero) is 1. The van der Waals surface area contributed by atoms with Gasteiger partial charge in [0.25, 0.3) is 0 Å². The van der Waals surface area contributed by atoms with E-state index in [1.54, 1.807) is 6.92 Å². The van der Waals surface area contributed by atoms with Crippen LogP contribution in [0.15, 0.2) is 0 Å². The third-order valence-corrected chi connectivity index (χ3v) is 5.23. The maximum atomic E-state index is 12.5. The molecular formula is C17H29NO2. The summed E-state index contributed by atoms with van der Waals surface area (Å²) < 4.78 is 0. The SMILES string of the molecule is CC(=O)C(NC(=O)[C@@H]1CC[C@H]1C1CCCC1)C(C)(C)C. The van der Waals surface area contributed by atoms with Crippen molar-refractivity contribution in [2.24, 2.45) is 23.2 Å². The zero-order valence-electron chi connectivity index (χ0n) is 13.4. The Balaban J connectivity index is 1.95. The van der Waals surface area contributed by atoms with E-state index >= 15 is 0 Å². The molecule has 2 aliphatic rings. The monoisotopic (exact) mass is 279 g/mol. The second-order valence-electron chi connectivity index (χ2n) is 7.81. The van der Waals surface area contributed by atoms with Gasteiger partial charge in [0.1, 0.15) is 0 Å². The average Bonchev–Trinajstić information content (AvgIpc) is 2.75. The topological polar surface area (TPSA) is 46.2 Å². The van der Waals surface area contributed by atoms with Gasteiger partial charge in [0.05, 0.1) is 6.04 Å². The fraction of sp³-hybridized carbons (Fsp3) is 0.882. The standard InChI is InChI=1S/C17H29NO2/c1-11(19)15(17(2,3)4)18-16(20)14-10-9-13(14)12-7-5-6-8-12/h12-15H,5-10H2,1-4H3,(H,18,20)/t13-,14+,15?/m0/s1. The minimum atomic E-state index is -0.361. The van der Waals surface area contributed by atoms with E-state index in [0.29, 0.717) is 5.92 Å². The summed E-state index contributed by atoms with van der Waals surface area (Å²) >= 11 is 0. The van der Waals surface area contributed by atoms with Crippen molar-refractivity contribution in [3.05, 3.63) is 0 Å². The minimum Gasteiger partial charge on any atom is -0.346 e. The highest BCUT2D eigenvalue weighted by molar-refractivity contribution is 5.89. The van der Waals surface area contributed by atoms with Crippen molar-refractivity contribution in [1.82, 2.24) is 5.32 Å². The lowest BCUT2D eigenvalue weighted by Crippen LogP contribution is -2.53. The van der Waals surface area contributed by atoms with Gasteiger partial charge in [0.2, 0.25) is 5.91 Å². The molecule has 114 valence electrons. The normalized spacial score (nSPS) is 28.8. The highest BCUT2D eigenvalue weighted by Crippen LogP contribution is 2.46. The lowest BCUT2D eigenvalue weighted by atomic mass is 9.66. The molecule has 2 rings (SSSR count). The van der Waals surface area contributed by atoms with E-state index in [0.717, 1.165) is 12.3 Å². The van der Waals surface area contributed by atoms with Crippen molar-refractivity contribution < 1.29 is 9.59 Å². The molecule has 3 heteroatoms. The molecule has 2 saturated carbocycles. The minimum absolute atomic E-state index is 0.0580. The molecule has 3 nitrogen and oxygen atoms in total. The van der Waals surface area contributed by atoms with E-state index in [1.165, 1.54) is 32.1 Å². The molecule has 0 spiro atoms. The number of hydrogen-bond acceptors (Lipinski definition) is 2. The van der Waals surface area contributed by atoms with Gasteiger partial charge in [-0.3, -0.25) is 9.59 Å². The molecule has 1 N–H and O–H groups in total. The number of nitrogens with one attached hydrogen (secondary N) is 1. The molecule has 1 unspecified atom stereocenters. The van der Waals surface area contributed by atoms with Gasteiger partial charge in [-0.15, -0.1) is 0 Å². The summed E-state index contributed by atoms with van der Waals surface area (Å²) in [4.78, 5) is 24.3. The first kappa shape index (κ1) is 15.5. The predicted molar refractivity (Wildman–Crippen MR) is 80.2 cm³/mol. The fourth-order valence-corrected chi connectivity index (χ4v) is 3.98. The molecule has 2 fully saturated rings. The summed E-state index contributed by atoms with van der Waals surface area (Å²) in [5, 5.41) is 3.02. The molecule has 2 aliphatic carbocycles. The molecule has 0 bridgehead atoms. The number of carbonyl (C=O) groups excluding carboxylic acids is 2. The van der Waals surface area contributed by atoms with Crippen LogP contribution in [0.3, 0.4) is 0 Å². The predicted octanol–water partition coefficient (Wildman–Crippen LogP) is 3.32. The summed E-state index contributed by atoms with van der Waals surface area (Å²) in [5.74, 6) is 1.66. The lowest BCUT2D eigenvalue weighted by molar-refractivity contribution is -0.136. The molecule has 1 amide bonds. The summed E-state index contributed by atoms with van der Waals surface area (Å²) in [6, 6.07) is -0.361. The molecule has 0 heterocycles. The third-order valence-electron chi connectivity index (χ3n) is 5.23. The quantitative estimate of drug-likeness (QED) is 0.858. The fourth-order valence-electron chi connectivity index (χ4n) is 3.98. The Morgan fingerprint density at radius 1 is 1.05 bits per heavy atom. The third kappa shape index (κ3) is 3.24. The van der Waals surface area contributed by atoms with E-state index in [2.05, 4.69) is 5.32 Å². The van der Waals surface area contributed by atoms with Gasteiger partial charge in [0.15, 0.2) is 5.78 Å². The Kier molecular flexibility index (Phi) is 4.55.